The van der Waals surface area contributed by atoms with Crippen molar-refractivity contribution in [1.29, 1.82) is 0 Å². The van der Waals surface area contributed by atoms with Crippen molar-refractivity contribution in [3.63, 3.8) is 0 Å². The van der Waals surface area contributed by atoms with Gasteiger partial charge in [0.15, 0.2) is 0 Å². The molecule has 5 heteroatoms. The van der Waals surface area contributed by atoms with Gasteiger partial charge in [-0.3, -0.25) is 9.05 Å². The van der Waals surface area contributed by atoms with Crippen molar-refractivity contribution in [2.24, 2.45) is 0 Å². The summed E-state index contributed by atoms with van der Waals surface area (Å²) in [6, 6.07) is 9.43. The van der Waals surface area contributed by atoms with Gasteiger partial charge in [0.25, 0.3) is 0 Å². The minimum Gasteiger partial charge on any atom is -0.424 e. The highest BCUT2D eigenvalue weighted by molar-refractivity contribution is 8.07. The van der Waals surface area contributed by atoms with E-state index < -0.39 is 6.72 Å². The summed E-state index contributed by atoms with van der Waals surface area (Å²) >= 11 is 5.41. The summed E-state index contributed by atoms with van der Waals surface area (Å²) in [5.41, 5.74) is -0.290. The SMILES string of the molecule is CC1CC(C)(C)OP(=S)(Oc2ccccc2)O1. The van der Waals surface area contributed by atoms with E-state index in [-0.39, 0.29) is 11.7 Å². The van der Waals surface area contributed by atoms with Gasteiger partial charge < -0.3 is 4.52 Å². The Bertz CT molecular complexity index is 433. The van der Waals surface area contributed by atoms with E-state index in [4.69, 9.17) is 25.4 Å². The topological polar surface area (TPSA) is 27.7 Å². The molecule has 0 N–H and O–H groups in total. The van der Waals surface area contributed by atoms with Gasteiger partial charge in [-0.15, -0.1) is 0 Å². The quantitative estimate of drug-likeness (QED) is 0.763. The van der Waals surface area contributed by atoms with Crippen LogP contribution in [0, 0.1) is 0 Å². The van der Waals surface area contributed by atoms with E-state index >= 15 is 0 Å². The van der Waals surface area contributed by atoms with Crippen LogP contribution in [0.25, 0.3) is 0 Å². The van der Waals surface area contributed by atoms with E-state index in [2.05, 4.69) is 0 Å². The lowest BCUT2D eigenvalue weighted by molar-refractivity contribution is -0.0140. The van der Waals surface area contributed by atoms with E-state index in [1.54, 1.807) is 0 Å². The summed E-state index contributed by atoms with van der Waals surface area (Å²) < 4.78 is 17.2. The van der Waals surface area contributed by atoms with Crippen LogP contribution in [0.15, 0.2) is 30.3 Å². The molecule has 3 nitrogen and oxygen atoms in total. The fraction of sp³-hybridized carbons (Fsp3) is 0.500. The van der Waals surface area contributed by atoms with Gasteiger partial charge in [-0.25, -0.2) is 0 Å². The fourth-order valence-corrected chi connectivity index (χ4v) is 4.96. The van der Waals surface area contributed by atoms with Crippen molar-refractivity contribution in [2.45, 2.75) is 38.9 Å². The smallest absolute Gasteiger partial charge is 0.381 e. The predicted octanol–water partition coefficient (Wildman–Crippen LogP) is 3.89. The van der Waals surface area contributed by atoms with Crippen LogP contribution < -0.4 is 4.52 Å². The highest BCUT2D eigenvalue weighted by atomic mass is 32.5. The summed E-state index contributed by atoms with van der Waals surface area (Å²) in [6.45, 7) is 3.35. The highest BCUT2D eigenvalue weighted by Crippen LogP contribution is 2.58. The van der Waals surface area contributed by atoms with Gasteiger partial charge in [0, 0.05) is 18.2 Å². The Kier molecular flexibility index (Phi) is 3.60. The fourth-order valence-electron chi connectivity index (χ4n) is 1.96. The first-order valence-electron chi connectivity index (χ1n) is 5.62. The second-order valence-corrected chi connectivity index (χ2v) is 7.63. The second-order valence-electron chi connectivity index (χ2n) is 4.82. The Morgan fingerprint density at radius 2 is 2.00 bits per heavy atom. The van der Waals surface area contributed by atoms with Crippen LogP contribution in [0.1, 0.15) is 27.2 Å². The minimum absolute atomic E-state index is 0.0632. The molecule has 1 fully saturated rings. The molecule has 0 bridgehead atoms. The molecule has 1 aromatic rings. The summed E-state index contributed by atoms with van der Waals surface area (Å²) in [5.74, 6) is 0.695. The molecule has 0 spiro atoms. The van der Waals surface area contributed by atoms with Gasteiger partial charge in [-0.1, -0.05) is 18.2 Å². The van der Waals surface area contributed by atoms with Crippen molar-refractivity contribution in [3.05, 3.63) is 30.3 Å². The first-order chi connectivity index (χ1) is 7.89. The molecule has 1 aromatic carbocycles. The maximum atomic E-state index is 5.82. The van der Waals surface area contributed by atoms with Crippen LogP contribution in [0.2, 0.25) is 0 Å². The van der Waals surface area contributed by atoms with Crippen LogP contribution in [0.4, 0.5) is 0 Å². The molecule has 0 aromatic heterocycles. The van der Waals surface area contributed by atoms with Crippen LogP contribution in [0.3, 0.4) is 0 Å². The first kappa shape index (κ1) is 13.0. The highest BCUT2D eigenvalue weighted by Gasteiger charge is 2.40. The lowest BCUT2D eigenvalue weighted by Crippen LogP contribution is -2.35. The molecule has 2 atom stereocenters. The van der Waals surface area contributed by atoms with Gasteiger partial charge in [-0.2, -0.15) is 0 Å². The molecule has 0 aliphatic carbocycles. The van der Waals surface area contributed by atoms with Crippen molar-refractivity contribution >= 4 is 18.5 Å². The van der Waals surface area contributed by atoms with Crippen LogP contribution in [0.5, 0.6) is 5.75 Å². The lowest BCUT2D eigenvalue weighted by atomic mass is 10.0. The number of para-hydroxylation sites is 1. The molecule has 2 rings (SSSR count). The predicted molar refractivity (Wildman–Crippen MR) is 71.7 cm³/mol. The first-order valence-corrected chi connectivity index (χ1v) is 8.18. The molecule has 0 radical (unpaired) electrons. The van der Waals surface area contributed by atoms with Crippen molar-refractivity contribution in [2.75, 3.05) is 0 Å². The zero-order valence-corrected chi connectivity index (χ0v) is 12.0. The third-order valence-corrected chi connectivity index (χ3v) is 4.88. The largest absolute Gasteiger partial charge is 0.424 e. The second kappa shape index (κ2) is 4.69. The van der Waals surface area contributed by atoms with E-state index in [0.29, 0.717) is 5.75 Å². The maximum absolute atomic E-state index is 5.82. The molecular formula is C12H17O3PS. The Hall–Kier alpha value is -0.410. The Labute approximate surface area is 107 Å². The van der Waals surface area contributed by atoms with Gasteiger partial charge in [0.2, 0.25) is 0 Å². The van der Waals surface area contributed by atoms with Crippen molar-refractivity contribution in [3.8, 4) is 5.75 Å². The van der Waals surface area contributed by atoms with E-state index in [9.17, 15) is 0 Å². The molecule has 1 saturated heterocycles. The Morgan fingerprint density at radius 3 is 2.59 bits per heavy atom. The lowest BCUT2D eigenvalue weighted by Gasteiger charge is -2.39. The third kappa shape index (κ3) is 3.52. The van der Waals surface area contributed by atoms with Gasteiger partial charge >= 0.3 is 6.72 Å². The Balaban J connectivity index is 2.16. The van der Waals surface area contributed by atoms with Crippen LogP contribution in [-0.2, 0) is 20.9 Å². The molecule has 94 valence electrons. The summed E-state index contributed by atoms with van der Waals surface area (Å²) in [5, 5.41) is 0. The van der Waals surface area contributed by atoms with E-state index in [1.165, 1.54) is 0 Å². The molecular weight excluding hydrogens is 255 g/mol. The Morgan fingerprint density at radius 1 is 1.35 bits per heavy atom. The van der Waals surface area contributed by atoms with Gasteiger partial charge in [0.05, 0.1) is 11.7 Å². The van der Waals surface area contributed by atoms with Crippen LogP contribution >= 0.6 is 6.72 Å². The zero-order chi connectivity index (χ0) is 12.5. The standard InChI is InChI=1S/C12H17O3PS/c1-10-9-12(2,3)15-16(17,13-10)14-11-7-5-4-6-8-11/h4-8,10H,9H2,1-3H3. The normalized spacial score (nSPS) is 32.1. The monoisotopic (exact) mass is 272 g/mol. The van der Waals surface area contributed by atoms with Crippen LogP contribution in [-0.4, -0.2) is 11.7 Å². The summed E-state index contributed by atoms with van der Waals surface area (Å²) in [4.78, 5) is 0. The zero-order valence-electron chi connectivity index (χ0n) is 10.3. The van der Waals surface area contributed by atoms with Gasteiger partial charge in [-0.05, 0) is 32.9 Å². The summed E-state index contributed by atoms with van der Waals surface area (Å²) in [6.07, 6.45) is 0.886. The molecule has 1 heterocycles. The molecule has 0 amide bonds. The number of hydrogen-bond donors (Lipinski definition) is 0. The van der Waals surface area contributed by atoms with Crippen molar-refractivity contribution in [1.82, 2.24) is 0 Å². The van der Waals surface area contributed by atoms with Gasteiger partial charge in [0.1, 0.15) is 5.75 Å². The average molecular weight is 272 g/mol. The van der Waals surface area contributed by atoms with E-state index in [1.807, 2.05) is 51.1 Å². The molecule has 0 saturated carbocycles. The maximum Gasteiger partial charge on any atom is 0.381 e. The molecule has 2 unspecified atom stereocenters. The number of benzene rings is 1. The molecule has 1 aliphatic rings. The minimum atomic E-state index is -2.68. The average Bonchev–Trinajstić information content (AvgIpc) is 2.13. The summed E-state index contributed by atoms with van der Waals surface area (Å²) in [7, 11) is 0. The molecule has 1 aliphatic heterocycles. The van der Waals surface area contributed by atoms with E-state index in [0.717, 1.165) is 6.42 Å². The number of rotatable bonds is 2. The van der Waals surface area contributed by atoms with Crippen molar-refractivity contribution < 1.29 is 13.6 Å². The number of hydrogen-bond acceptors (Lipinski definition) is 4. The third-order valence-electron chi connectivity index (χ3n) is 2.41. The molecule has 17 heavy (non-hydrogen) atoms.